The monoisotopic (exact) mass is 332 g/mol. The zero-order valence-electron chi connectivity index (χ0n) is 12.6. The van der Waals surface area contributed by atoms with Gasteiger partial charge in [0, 0.05) is 40.0 Å². The van der Waals surface area contributed by atoms with Crippen LogP contribution in [0.1, 0.15) is 0 Å². The molecule has 0 spiro atoms. The van der Waals surface area contributed by atoms with Gasteiger partial charge in [-0.2, -0.15) is 0 Å². The Hall–Kier alpha value is -1.49. The molecule has 0 saturated carbocycles. The Labute approximate surface area is 129 Å². The van der Waals surface area contributed by atoms with Gasteiger partial charge in [0.25, 0.3) is 10.0 Å². The molecule has 0 aromatic carbocycles. The van der Waals surface area contributed by atoms with Crippen molar-refractivity contribution in [1.29, 1.82) is 0 Å². The Morgan fingerprint density at radius 3 is 2.95 bits per heavy atom. The van der Waals surface area contributed by atoms with Crippen LogP contribution in [0.25, 0.3) is 0 Å². The summed E-state index contributed by atoms with van der Waals surface area (Å²) in [6.45, 7) is 1.24. The topological polar surface area (TPSA) is 103 Å². The van der Waals surface area contributed by atoms with E-state index in [0.717, 1.165) is 0 Å². The third-order valence-electron chi connectivity index (χ3n) is 3.24. The van der Waals surface area contributed by atoms with Crippen LogP contribution in [0, 0.1) is 0 Å². The summed E-state index contributed by atoms with van der Waals surface area (Å²) in [5.41, 5.74) is 0. The van der Waals surface area contributed by atoms with E-state index in [1.807, 2.05) is 0 Å². The number of methoxy groups -OCH3 is 1. The third kappa shape index (κ3) is 4.26. The molecule has 1 aliphatic heterocycles. The molecule has 1 amide bonds. The molecule has 0 aliphatic carbocycles. The van der Waals surface area contributed by atoms with E-state index in [-0.39, 0.29) is 24.1 Å². The molecule has 1 unspecified atom stereocenters. The van der Waals surface area contributed by atoms with Gasteiger partial charge in [-0.05, 0) is 0 Å². The van der Waals surface area contributed by atoms with Gasteiger partial charge in [-0.25, -0.2) is 18.1 Å². The molecule has 22 heavy (non-hydrogen) atoms. The molecule has 2 heterocycles. The molecule has 0 radical (unpaired) electrons. The second-order valence-corrected chi connectivity index (χ2v) is 6.71. The SMILES string of the molecule is COCCN1CC(CNS(=O)(=O)c2cn(C)cn2)OCC1=O. The number of aromatic nitrogens is 2. The number of morpholine rings is 1. The fourth-order valence-corrected chi connectivity index (χ4v) is 3.07. The Bertz CT molecular complexity index is 615. The fourth-order valence-electron chi connectivity index (χ4n) is 2.03. The number of carbonyl (C=O) groups excluding carboxylic acids is 1. The molecule has 10 heteroatoms. The van der Waals surface area contributed by atoms with E-state index in [1.165, 1.54) is 12.5 Å². The van der Waals surface area contributed by atoms with Gasteiger partial charge in [0.05, 0.1) is 19.0 Å². The van der Waals surface area contributed by atoms with E-state index in [0.29, 0.717) is 19.7 Å². The fraction of sp³-hybridized carbons (Fsp3) is 0.667. The van der Waals surface area contributed by atoms with Crippen molar-refractivity contribution in [3.05, 3.63) is 12.5 Å². The zero-order valence-corrected chi connectivity index (χ0v) is 13.4. The summed E-state index contributed by atoms with van der Waals surface area (Å²) < 4.78 is 38.4. The Balaban J connectivity index is 1.89. The first-order valence-electron chi connectivity index (χ1n) is 6.78. The normalized spacial score (nSPS) is 19.6. The minimum absolute atomic E-state index is 0.0434. The van der Waals surface area contributed by atoms with Crippen molar-refractivity contribution in [3.8, 4) is 0 Å². The van der Waals surface area contributed by atoms with Crippen molar-refractivity contribution in [2.75, 3.05) is 40.0 Å². The molecule has 1 atom stereocenters. The van der Waals surface area contributed by atoms with E-state index in [2.05, 4.69) is 9.71 Å². The van der Waals surface area contributed by atoms with Crippen molar-refractivity contribution < 1.29 is 22.7 Å². The number of aryl methyl sites for hydroxylation is 1. The molecule has 2 rings (SSSR count). The Morgan fingerprint density at radius 2 is 2.32 bits per heavy atom. The standard InChI is InChI=1S/C12H20N4O5S/c1-15-7-11(13-9-15)22(18,19)14-5-10-6-16(3-4-20-2)12(17)8-21-10/h7,9-10,14H,3-6,8H2,1-2H3. The summed E-state index contributed by atoms with van der Waals surface area (Å²) in [4.78, 5) is 17.1. The number of amides is 1. The van der Waals surface area contributed by atoms with Gasteiger partial charge in [0.15, 0.2) is 5.03 Å². The smallest absolute Gasteiger partial charge is 0.259 e. The van der Waals surface area contributed by atoms with E-state index < -0.39 is 16.1 Å². The van der Waals surface area contributed by atoms with Crippen LogP contribution < -0.4 is 4.72 Å². The van der Waals surface area contributed by atoms with Crippen molar-refractivity contribution in [2.24, 2.45) is 7.05 Å². The predicted molar refractivity (Wildman–Crippen MR) is 76.6 cm³/mol. The largest absolute Gasteiger partial charge is 0.383 e. The maximum atomic E-state index is 12.1. The average molecular weight is 332 g/mol. The first-order valence-corrected chi connectivity index (χ1v) is 8.26. The average Bonchev–Trinajstić information content (AvgIpc) is 2.92. The quantitative estimate of drug-likeness (QED) is 0.657. The molecule has 0 bridgehead atoms. The number of rotatable bonds is 7. The van der Waals surface area contributed by atoms with E-state index >= 15 is 0 Å². The molecule has 9 nitrogen and oxygen atoms in total. The molecule has 1 fully saturated rings. The number of imidazole rings is 1. The van der Waals surface area contributed by atoms with Crippen molar-refractivity contribution >= 4 is 15.9 Å². The second kappa shape index (κ2) is 7.18. The summed E-state index contributed by atoms with van der Waals surface area (Å²) in [6.07, 6.45) is 2.43. The van der Waals surface area contributed by atoms with Crippen LogP contribution in [0.5, 0.6) is 0 Å². The lowest BCUT2D eigenvalue weighted by molar-refractivity contribution is -0.149. The van der Waals surface area contributed by atoms with Crippen molar-refractivity contribution in [2.45, 2.75) is 11.1 Å². The first kappa shape index (κ1) is 16.9. The highest BCUT2D eigenvalue weighted by atomic mass is 32.2. The number of ether oxygens (including phenoxy) is 2. The second-order valence-electron chi connectivity index (χ2n) is 4.99. The van der Waals surface area contributed by atoms with Crippen LogP contribution in [-0.2, 0) is 31.3 Å². The van der Waals surface area contributed by atoms with Crippen LogP contribution in [-0.4, -0.2) is 74.8 Å². The van der Waals surface area contributed by atoms with Crippen LogP contribution in [0.4, 0.5) is 0 Å². The number of carbonyl (C=O) groups is 1. The molecular formula is C12H20N4O5S. The zero-order chi connectivity index (χ0) is 16.2. The van der Waals surface area contributed by atoms with Gasteiger partial charge < -0.3 is 18.9 Å². The summed E-state index contributed by atoms with van der Waals surface area (Å²) >= 11 is 0. The minimum Gasteiger partial charge on any atom is -0.383 e. The van der Waals surface area contributed by atoms with Gasteiger partial charge in [-0.15, -0.1) is 0 Å². The summed E-state index contributed by atoms with van der Waals surface area (Å²) in [7, 11) is -0.428. The molecular weight excluding hydrogens is 312 g/mol. The van der Waals surface area contributed by atoms with Crippen LogP contribution in [0.15, 0.2) is 17.6 Å². The summed E-state index contributed by atoms with van der Waals surface area (Å²) in [5, 5.41) is -0.0434. The van der Waals surface area contributed by atoms with Gasteiger partial charge in [0.2, 0.25) is 5.91 Å². The van der Waals surface area contributed by atoms with Crippen LogP contribution >= 0.6 is 0 Å². The highest BCUT2D eigenvalue weighted by Crippen LogP contribution is 2.08. The lowest BCUT2D eigenvalue weighted by Gasteiger charge is -2.32. The first-order chi connectivity index (χ1) is 10.4. The summed E-state index contributed by atoms with van der Waals surface area (Å²) in [6, 6.07) is 0. The molecule has 1 aromatic rings. The van der Waals surface area contributed by atoms with Gasteiger partial charge in [-0.3, -0.25) is 4.79 Å². The number of nitrogens with zero attached hydrogens (tertiary/aromatic N) is 3. The maximum Gasteiger partial charge on any atom is 0.259 e. The maximum absolute atomic E-state index is 12.1. The molecule has 124 valence electrons. The number of hydrogen-bond acceptors (Lipinski definition) is 6. The third-order valence-corrected chi connectivity index (χ3v) is 4.55. The predicted octanol–water partition coefficient (Wildman–Crippen LogP) is -1.43. The number of hydrogen-bond donors (Lipinski definition) is 1. The molecule has 1 aromatic heterocycles. The minimum atomic E-state index is -3.68. The Kier molecular flexibility index (Phi) is 5.51. The lowest BCUT2D eigenvalue weighted by atomic mass is 10.2. The van der Waals surface area contributed by atoms with E-state index in [4.69, 9.17) is 9.47 Å². The molecule has 1 N–H and O–H groups in total. The number of nitrogens with one attached hydrogen (secondary N) is 1. The summed E-state index contributed by atoms with van der Waals surface area (Å²) in [5.74, 6) is -0.124. The van der Waals surface area contributed by atoms with Crippen LogP contribution in [0.2, 0.25) is 0 Å². The van der Waals surface area contributed by atoms with Gasteiger partial charge in [-0.1, -0.05) is 0 Å². The Morgan fingerprint density at radius 1 is 1.55 bits per heavy atom. The van der Waals surface area contributed by atoms with Gasteiger partial charge in [0.1, 0.15) is 6.61 Å². The van der Waals surface area contributed by atoms with Crippen LogP contribution in [0.3, 0.4) is 0 Å². The van der Waals surface area contributed by atoms with Crippen molar-refractivity contribution in [3.63, 3.8) is 0 Å². The van der Waals surface area contributed by atoms with Crippen molar-refractivity contribution in [1.82, 2.24) is 19.2 Å². The highest BCUT2D eigenvalue weighted by molar-refractivity contribution is 7.89. The number of sulfonamides is 1. The molecule has 1 saturated heterocycles. The van der Waals surface area contributed by atoms with E-state index in [1.54, 1.807) is 23.6 Å². The van der Waals surface area contributed by atoms with Gasteiger partial charge >= 0.3 is 0 Å². The highest BCUT2D eigenvalue weighted by Gasteiger charge is 2.27. The molecule has 1 aliphatic rings. The lowest BCUT2D eigenvalue weighted by Crippen LogP contribution is -2.51. The van der Waals surface area contributed by atoms with E-state index in [9.17, 15) is 13.2 Å².